The Morgan fingerprint density at radius 1 is 1.22 bits per heavy atom. The molecule has 0 unspecified atom stereocenters. The molecule has 1 amide bonds. The number of benzene rings is 2. The van der Waals surface area contributed by atoms with Crippen molar-refractivity contribution in [3.8, 4) is 5.75 Å². The zero-order valence-corrected chi connectivity index (χ0v) is 12.9. The van der Waals surface area contributed by atoms with Crippen LogP contribution >= 0.6 is 15.9 Å². The van der Waals surface area contributed by atoms with Crippen LogP contribution in [-0.2, 0) is 0 Å². The van der Waals surface area contributed by atoms with Crippen LogP contribution < -0.4 is 10.1 Å². The lowest BCUT2D eigenvalue weighted by Crippen LogP contribution is -2.12. The fourth-order valence-electron chi connectivity index (χ4n) is 1.72. The van der Waals surface area contributed by atoms with Crippen molar-refractivity contribution in [3.63, 3.8) is 0 Å². The van der Waals surface area contributed by atoms with Gasteiger partial charge in [-0.25, -0.2) is 0 Å². The summed E-state index contributed by atoms with van der Waals surface area (Å²) in [7, 11) is 0. The SMILES string of the molecule is O=C(Nc1ccc(OC(F)F)cc1)c1ccc(Br)c([N+](=O)[O-])c1. The highest BCUT2D eigenvalue weighted by Crippen LogP contribution is 2.26. The highest BCUT2D eigenvalue weighted by Gasteiger charge is 2.16. The van der Waals surface area contributed by atoms with Gasteiger partial charge in [0.1, 0.15) is 5.75 Å². The van der Waals surface area contributed by atoms with E-state index >= 15 is 0 Å². The molecule has 0 radical (unpaired) electrons. The molecule has 0 aliphatic carbocycles. The summed E-state index contributed by atoms with van der Waals surface area (Å²) in [6.07, 6.45) is 0. The van der Waals surface area contributed by atoms with Gasteiger partial charge in [-0.1, -0.05) is 0 Å². The Morgan fingerprint density at radius 3 is 2.43 bits per heavy atom. The molecular weight excluding hydrogens is 378 g/mol. The minimum Gasteiger partial charge on any atom is -0.435 e. The predicted octanol–water partition coefficient (Wildman–Crippen LogP) is 4.21. The molecule has 0 atom stereocenters. The van der Waals surface area contributed by atoms with E-state index in [9.17, 15) is 23.7 Å². The molecule has 1 N–H and O–H groups in total. The third kappa shape index (κ3) is 4.46. The molecule has 6 nitrogen and oxygen atoms in total. The number of halogens is 3. The molecule has 2 rings (SSSR count). The zero-order valence-electron chi connectivity index (χ0n) is 11.3. The number of alkyl halides is 2. The summed E-state index contributed by atoms with van der Waals surface area (Å²) < 4.78 is 28.5. The third-order valence-corrected chi connectivity index (χ3v) is 3.41. The summed E-state index contributed by atoms with van der Waals surface area (Å²) in [5.41, 5.74) is 0.188. The van der Waals surface area contributed by atoms with Gasteiger partial charge in [-0.3, -0.25) is 14.9 Å². The highest BCUT2D eigenvalue weighted by atomic mass is 79.9. The number of carbonyl (C=O) groups excluding carboxylic acids is 1. The van der Waals surface area contributed by atoms with Gasteiger partial charge in [0, 0.05) is 17.3 Å². The van der Waals surface area contributed by atoms with Crippen LogP contribution in [0, 0.1) is 10.1 Å². The van der Waals surface area contributed by atoms with Gasteiger partial charge < -0.3 is 10.1 Å². The molecule has 0 heterocycles. The summed E-state index contributed by atoms with van der Waals surface area (Å²) >= 11 is 3.03. The van der Waals surface area contributed by atoms with Crippen molar-refractivity contribution in [1.29, 1.82) is 0 Å². The van der Waals surface area contributed by atoms with E-state index in [0.717, 1.165) is 6.07 Å². The van der Waals surface area contributed by atoms with Crippen molar-refractivity contribution >= 4 is 33.2 Å². The van der Waals surface area contributed by atoms with Gasteiger partial charge in [0.05, 0.1) is 9.40 Å². The van der Waals surface area contributed by atoms with Gasteiger partial charge in [-0.05, 0) is 52.3 Å². The standard InChI is InChI=1S/C14H9BrF2N2O4/c15-11-6-1-8(7-12(11)19(21)22)13(20)18-9-2-4-10(5-3-9)23-14(16)17/h1-7,14H,(H,18,20). The largest absolute Gasteiger partial charge is 0.435 e. The lowest BCUT2D eigenvalue weighted by atomic mass is 10.2. The zero-order chi connectivity index (χ0) is 17.0. The number of hydrogen-bond acceptors (Lipinski definition) is 4. The van der Waals surface area contributed by atoms with Crippen LogP contribution in [-0.4, -0.2) is 17.4 Å². The van der Waals surface area contributed by atoms with E-state index in [1.807, 2.05) is 0 Å². The van der Waals surface area contributed by atoms with Crippen molar-refractivity contribution in [2.24, 2.45) is 0 Å². The van der Waals surface area contributed by atoms with Crippen LogP contribution in [0.5, 0.6) is 5.75 Å². The Morgan fingerprint density at radius 2 is 1.87 bits per heavy atom. The first-order valence-electron chi connectivity index (χ1n) is 6.17. The van der Waals surface area contributed by atoms with Crippen LogP contribution in [0.4, 0.5) is 20.2 Å². The lowest BCUT2D eigenvalue weighted by Gasteiger charge is -2.08. The number of rotatable bonds is 5. The molecule has 9 heteroatoms. The van der Waals surface area contributed by atoms with Gasteiger partial charge in [0.2, 0.25) is 0 Å². The summed E-state index contributed by atoms with van der Waals surface area (Å²) in [4.78, 5) is 22.3. The molecule has 0 aliphatic rings. The maximum atomic E-state index is 12.1. The van der Waals surface area contributed by atoms with E-state index in [1.165, 1.54) is 36.4 Å². The minimum absolute atomic E-state index is 0.0442. The van der Waals surface area contributed by atoms with Crippen molar-refractivity contribution < 1.29 is 23.2 Å². The minimum atomic E-state index is -2.93. The molecule has 23 heavy (non-hydrogen) atoms. The van der Waals surface area contributed by atoms with Gasteiger partial charge in [0.25, 0.3) is 11.6 Å². The summed E-state index contributed by atoms with van der Waals surface area (Å²) in [6.45, 7) is -2.93. The first-order chi connectivity index (χ1) is 10.9. The average molecular weight is 387 g/mol. The number of nitro benzene ring substituents is 1. The van der Waals surface area contributed by atoms with E-state index in [4.69, 9.17) is 0 Å². The number of ether oxygens (including phenoxy) is 1. The maximum absolute atomic E-state index is 12.1. The number of hydrogen-bond donors (Lipinski definition) is 1. The Balaban J connectivity index is 2.13. The van der Waals surface area contributed by atoms with Crippen LogP contribution in [0.1, 0.15) is 10.4 Å². The third-order valence-electron chi connectivity index (χ3n) is 2.74. The van der Waals surface area contributed by atoms with E-state index < -0.39 is 17.4 Å². The molecule has 2 aromatic rings. The Bertz CT molecular complexity index is 738. The Kier molecular flexibility index (Phi) is 5.22. The molecule has 120 valence electrons. The van der Waals surface area contributed by atoms with Crippen molar-refractivity contribution in [2.45, 2.75) is 6.61 Å². The van der Waals surface area contributed by atoms with Gasteiger partial charge in [-0.15, -0.1) is 0 Å². The van der Waals surface area contributed by atoms with Crippen LogP contribution in [0.2, 0.25) is 0 Å². The Labute approximate surface area is 137 Å². The smallest absolute Gasteiger partial charge is 0.387 e. The summed E-state index contributed by atoms with van der Waals surface area (Å²) in [5, 5.41) is 13.4. The average Bonchev–Trinajstić information content (AvgIpc) is 2.48. The topological polar surface area (TPSA) is 81.5 Å². The number of anilines is 1. The monoisotopic (exact) mass is 386 g/mol. The van der Waals surface area contributed by atoms with Gasteiger partial charge in [-0.2, -0.15) is 8.78 Å². The molecule has 0 aliphatic heterocycles. The van der Waals surface area contributed by atoms with Crippen LogP contribution in [0.3, 0.4) is 0 Å². The number of amides is 1. The number of nitro groups is 1. The fraction of sp³-hybridized carbons (Fsp3) is 0.0714. The second kappa shape index (κ2) is 7.14. The molecule has 0 bridgehead atoms. The van der Waals surface area contributed by atoms with E-state index in [-0.39, 0.29) is 21.5 Å². The molecule has 0 spiro atoms. The summed E-state index contributed by atoms with van der Waals surface area (Å²) in [6, 6.07) is 9.24. The number of nitrogens with zero attached hydrogens (tertiary/aromatic N) is 1. The molecular formula is C14H9BrF2N2O4. The molecule has 0 saturated heterocycles. The molecule has 2 aromatic carbocycles. The van der Waals surface area contributed by atoms with Crippen LogP contribution in [0.15, 0.2) is 46.9 Å². The van der Waals surface area contributed by atoms with E-state index in [2.05, 4.69) is 26.0 Å². The first-order valence-corrected chi connectivity index (χ1v) is 6.96. The van der Waals surface area contributed by atoms with Crippen molar-refractivity contribution in [2.75, 3.05) is 5.32 Å². The number of nitrogens with one attached hydrogen (secondary N) is 1. The quantitative estimate of drug-likeness (QED) is 0.616. The second-order valence-corrected chi connectivity index (χ2v) is 5.13. The van der Waals surface area contributed by atoms with E-state index in [1.54, 1.807) is 0 Å². The molecule has 0 aromatic heterocycles. The molecule has 0 fully saturated rings. The first kappa shape index (κ1) is 16.8. The Hall–Kier alpha value is -2.55. The maximum Gasteiger partial charge on any atom is 0.387 e. The number of carbonyl (C=O) groups is 1. The predicted molar refractivity (Wildman–Crippen MR) is 81.8 cm³/mol. The fourth-order valence-corrected chi connectivity index (χ4v) is 2.11. The van der Waals surface area contributed by atoms with Crippen molar-refractivity contribution in [1.82, 2.24) is 0 Å². The van der Waals surface area contributed by atoms with Crippen LogP contribution in [0.25, 0.3) is 0 Å². The lowest BCUT2D eigenvalue weighted by molar-refractivity contribution is -0.385. The summed E-state index contributed by atoms with van der Waals surface area (Å²) in [5.74, 6) is -0.611. The molecule has 0 saturated carbocycles. The van der Waals surface area contributed by atoms with Gasteiger partial charge >= 0.3 is 6.61 Å². The normalized spacial score (nSPS) is 10.4. The van der Waals surface area contributed by atoms with E-state index in [0.29, 0.717) is 5.69 Å². The highest BCUT2D eigenvalue weighted by molar-refractivity contribution is 9.10. The second-order valence-electron chi connectivity index (χ2n) is 4.28. The van der Waals surface area contributed by atoms with Gasteiger partial charge in [0.15, 0.2) is 0 Å². The van der Waals surface area contributed by atoms with Crippen molar-refractivity contribution in [3.05, 3.63) is 62.6 Å².